The van der Waals surface area contributed by atoms with Gasteiger partial charge in [-0.1, -0.05) is 64.0 Å². The molecule has 0 spiro atoms. The number of nitrogens with zero attached hydrogens (tertiary/aromatic N) is 2. The highest BCUT2D eigenvalue weighted by Crippen LogP contribution is 2.34. The zero-order valence-electron chi connectivity index (χ0n) is 19.2. The number of hydrogen-bond acceptors (Lipinski definition) is 6. The minimum atomic E-state index is -0.263. The molecule has 0 atom stereocenters. The van der Waals surface area contributed by atoms with E-state index in [1.165, 1.54) is 0 Å². The van der Waals surface area contributed by atoms with Gasteiger partial charge in [-0.15, -0.1) is 0 Å². The first kappa shape index (κ1) is 24.5. The van der Waals surface area contributed by atoms with Crippen molar-refractivity contribution < 1.29 is 14.3 Å². The van der Waals surface area contributed by atoms with Crippen LogP contribution in [0.25, 0.3) is 11.4 Å². The maximum Gasteiger partial charge on any atom is 0.262 e. The van der Waals surface area contributed by atoms with Crippen molar-refractivity contribution >= 4 is 39.7 Å². The van der Waals surface area contributed by atoms with E-state index in [0.717, 1.165) is 21.2 Å². The Kier molecular flexibility index (Phi) is 7.84. The fourth-order valence-corrected chi connectivity index (χ4v) is 4.01. The van der Waals surface area contributed by atoms with Gasteiger partial charge < -0.3 is 20.2 Å². The Morgan fingerprint density at radius 1 is 1.11 bits per heavy atom. The third-order valence-electron chi connectivity index (χ3n) is 5.16. The second kappa shape index (κ2) is 11.2. The fraction of sp³-hybridized carbons (Fsp3) is 0.160. The summed E-state index contributed by atoms with van der Waals surface area (Å²) in [7, 11) is 1.55. The third-order valence-corrected chi connectivity index (χ3v) is 6.17. The predicted octanol–water partition coefficient (Wildman–Crippen LogP) is 5.45. The molecule has 4 rings (SSSR count). The average molecular weight is 554 g/mol. The number of aromatic nitrogens is 3. The number of aromatic amines is 1. The number of ether oxygens (including phenoxy) is 2. The molecule has 1 aromatic heterocycles. The maximum absolute atomic E-state index is 12.3. The molecule has 3 N–H and O–H groups in total. The van der Waals surface area contributed by atoms with Gasteiger partial charge in [0.25, 0.3) is 5.91 Å². The molecule has 0 aliphatic rings. The Labute approximate surface area is 216 Å². The summed E-state index contributed by atoms with van der Waals surface area (Å²) in [5, 5.41) is 9.97. The van der Waals surface area contributed by atoms with E-state index in [9.17, 15) is 4.79 Å². The van der Waals surface area contributed by atoms with Gasteiger partial charge >= 0.3 is 0 Å². The Bertz CT molecular complexity index is 1370. The lowest BCUT2D eigenvalue weighted by Gasteiger charge is -2.15. The van der Waals surface area contributed by atoms with E-state index < -0.39 is 0 Å². The molecule has 1 amide bonds. The van der Waals surface area contributed by atoms with E-state index in [2.05, 4.69) is 36.9 Å². The third kappa shape index (κ3) is 6.09. The van der Waals surface area contributed by atoms with Gasteiger partial charge in [-0.05, 0) is 49.0 Å². The number of anilines is 1. The van der Waals surface area contributed by atoms with Crippen LogP contribution in [0.3, 0.4) is 0 Å². The lowest BCUT2D eigenvalue weighted by Crippen LogP contribution is -2.20. The van der Waals surface area contributed by atoms with Crippen LogP contribution in [-0.2, 0) is 11.3 Å². The number of methoxy groups -OCH3 is 1. The van der Waals surface area contributed by atoms with Crippen LogP contribution in [0, 0.1) is 11.7 Å². The van der Waals surface area contributed by atoms with Crippen LogP contribution in [0.15, 0.2) is 71.2 Å². The molecular formula is C25H24BrN5O3S. The van der Waals surface area contributed by atoms with E-state index in [1.807, 2.05) is 67.6 Å². The molecule has 10 heteroatoms. The van der Waals surface area contributed by atoms with Crippen molar-refractivity contribution in [2.75, 3.05) is 24.5 Å². The normalized spacial score (nSPS) is 10.6. The predicted molar refractivity (Wildman–Crippen MR) is 142 cm³/mol. The summed E-state index contributed by atoms with van der Waals surface area (Å²) in [4.78, 5) is 12.3. The Morgan fingerprint density at radius 2 is 1.86 bits per heavy atom. The highest BCUT2D eigenvalue weighted by Gasteiger charge is 2.14. The van der Waals surface area contributed by atoms with Crippen molar-refractivity contribution in [3.05, 3.63) is 87.1 Å². The van der Waals surface area contributed by atoms with Crippen LogP contribution in [0.4, 0.5) is 5.69 Å². The number of benzene rings is 3. The molecule has 0 unspecified atom stereocenters. The first-order chi connectivity index (χ1) is 16.9. The molecule has 180 valence electrons. The van der Waals surface area contributed by atoms with E-state index in [1.54, 1.807) is 17.9 Å². The molecule has 35 heavy (non-hydrogen) atoms. The largest absolute Gasteiger partial charge is 0.493 e. The highest BCUT2D eigenvalue weighted by molar-refractivity contribution is 9.10. The summed E-state index contributed by atoms with van der Waals surface area (Å²) in [6, 6.07) is 20.9. The Hall–Kier alpha value is -3.63. The Balaban J connectivity index is 1.44. The average Bonchev–Trinajstić information content (AvgIpc) is 3.24. The van der Waals surface area contributed by atoms with Gasteiger partial charge in [0, 0.05) is 15.7 Å². The number of carbonyl (C=O) groups excluding carboxylic acids is 1. The lowest BCUT2D eigenvalue weighted by atomic mass is 10.2. The van der Waals surface area contributed by atoms with Gasteiger partial charge in [0.2, 0.25) is 4.77 Å². The van der Waals surface area contributed by atoms with Crippen molar-refractivity contribution in [1.82, 2.24) is 14.9 Å². The molecule has 1 heterocycles. The highest BCUT2D eigenvalue weighted by atomic mass is 79.9. The molecule has 0 fully saturated rings. The molecule has 4 aromatic rings. The number of H-pyrrole nitrogens is 1. The number of nitrogens with one attached hydrogen (secondary N) is 3. The monoisotopic (exact) mass is 553 g/mol. The summed E-state index contributed by atoms with van der Waals surface area (Å²) in [5.41, 5.74) is 6.96. The van der Waals surface area contributed by atoms with Gasteiger partial charge in [-0.25, -0.2) is 9.77 Å². The smallest absolute Gasteiger partial charge is 0.262 e. The number of halogens is 1. The summed E-state index contributed by atoms with van der Waals surface area (Å²) < 4.78 is 14.2. The van der Waals surface area contributed by atoms with Crippen LogP contribution < -0.4 is 20.2 Å². The van der Waals surface area contributed by atoms with Gasteiger partial charge in [0.15, 0.2) is 23.9 Å². The minimum absolute atomic E-state index is 0.154. The number of amides is 1. The SMILES string of the molecule is COc1cc(CNn2c(-c3ccccc3)n[nH]c2=S)c(Br)cc1OCC(=O)Nc1ccc(C)cc1. The quantitative estimate of drug-likeness (QED) is 0.239. The molecule has 0 saturated heterocycles. The minimum Gasteiger partial charge on any atom is -0.493 e. The van der Waals surface area contributed by atoms with Gasteiger partial charge in [0.1, 0.15) is 0 Å². The molecular weight excluding hydrogens is 530 g/mol. The zero-order chi connectivity index (χ0) is 24.8. The topological polar surface area (TPSA) is 93.2 Å². The summed E-state index contributed by atoms with van der Waals surface area (Å²) in [5.74, 6) is 1.37. The van der Waals surface area contributed by atoms with Crippen molar-refractivity contribution in [1.29, 1.82) is 0 Å². The van der Waals surface area contributed by atoms with Crippen molar-refractivity contribution in [3.8, 4) is 22.9 Å². The standard InChI is InChI=1S/C25H24BrN5O3S/c1-16-8-10-19(11-9-16)28-23(32)15-34-22-13-20(26)18(12-21(22)33-2)14-27-31-24(29-30-25(31)35)17-6-4-3-5-7-17/h3-13,27H,14-15H2,1-2H3,(H,28,32)(H,30,35). The first-order valence-electron chi connectivity index (χ1n) is 10.8. The van der Waals surface area contributed by atoms with Gasteiger partial charge in [0.05, 0.1) is 13.7 Å². The molecule has 8 nitrogen and oxygen atoms in total. The van der Waals surface area contributed by atoms with E-state index in [0.29, 0.717) is 34.3 Å². The lowest BCUT2D eigenvalue weighted by molar-refractivity contribution is -0.118. The number of rotatable bonds is 9. The molecule has 3 aromatic carbocycles. The number of carbonyl (C=O) groups is 1. The van der Waals surface area contributed by atoms with E-state index in [4.69, 9.17) is 21.7 Å². The Morgan fingerprint density at radius 3 is 2.57 bits per heavy atom. The van der Waals surface area contributed by atoms with E-state index in [-0.39, 0.29) is 12.5 Å². The molecule has 0 aliphatic heterocycles. The van der Waals surface area contributed by atoms with Crippen LogP contribution in [0.2, 0.25) is 0 Å². The molecule has 0 radical (unpaired) electrons. The van der Waals surface area contributed by atoms with Crippen LogP contribution >= 0.6 is 28.1 Å². The van der Waals surface area contributed by atoms with Crippen LogP contribution in [0.5, 0.6) is 11.5 Å². The number of hydrogen-bond donors (Lipinski definition) is 3. The summed E-state index contributed by atoms with van der Waals surface area (Å²) >= 11 is 8.98. The van der Waals surface area contributed by atoms with Crippen LogP contribution in [0.1, 0.15) is 11.1 Å². The zero-order valence-corrected chi connectivity index (χ0v) is 21.6. The first-order valence-corrected chi connectivity index (χ1v) is 12.0. The second-order valence-electron chi connectivity index (χ2n) is 7.69. The molecule has 0 aliphatic carbocycles. The van der Waals surface area contributed by atoms with E-state index >= 15 is 0 Å². The van der Waals surface area contributed by atoms with Gasteiger partial charge in [-0.2, -0.15) is 5.10 Å². The molecule has 0 saturated carbocycles. The van der Waals surface area contributed by atoms with Gasteiger partial charge in [-0.3, -0.25) is 4.79 Å². The van der Waals surface area contributed by atoms with Crippen molar-refractivity contribution in [3.63, 3.8) is 0 Å². The van der Waals surface area contributed by atoms with Crippen molar-refractivity contribution in [2.45, 2.75) is 13.5 Å². The molecule has 0 bridgehead atoms. The second-order valence-corrected chi connectivity index (χ2v) is 8.93. The maximum atomic E-state index is 12.3. The van der Waals surface area contributed by atoms with Crippen molar-refractivity contribution in [2.24, 2.45) is 0 Å². The van der Waals surface area contributed by atoms with Crippen LogP contribution in [-0.4, -0.2) is 34.5 Å². The fourth-order valence-electron chi connectivity index (χ4n) is 3.35. The summed E-state index contributed by atoms with van der Waals surface area (Å²) in [6.45, 7) is 2.27. The number of aryl methyl sites for hydroxylation is 1. The summed E-state index contributed by atoms with van der Waals surface area (Å²) in [6.07, 6.45) is 0.